The van der Waals surface area contributed by atoms with E-state index in [4.69, 9.17) is 29.3 Å². The lowest BCUT2D eigenvalue weighted by Gasteiger charge is -2.15. The van der Waals surface area contributed by atoms with Gasteiger partial charge in [0.2, 0.25) is 5.89 Å². The highest BCUT2D eigenvalue weighted by Gasteiger charge is 2.18. The number of nitrogens with zero attached hydrogens (tertiary/aromatic N) is 5. The predicted octanol–water partition coefficient (Wildman–Crippen LogP) is 10.0. The van der Waals surface area contributed by atoms with Gasteiger partial charge in [0.15, 0.2) is 23.1 Å². The first-order valence-electron chi connectivity index (χ1n) is 15.5. The van der Waals surface area contributed by atoms with Gasteiger partial charge in [0.25, 0.3) is 0 Å². The van der Waals surface area contributed by atoms with Gasteiger partial charge in [-0.25, -0.2) is 19.9 Å². The van der Waals surface area contributed by atoms with E-state index in [0.29, 0.717) is 23.4 Å². The molecule has 8 aromatic rings. The van der Waals surface area contributed by atoms with Gasteiger partial charge in [-0.1, -0.05) is 103 Å². The molecule has 0 aliphatic carbocycles. The van der Waals surface area contributed by atoms with E-state index in [-0.39, 0.29) is 0 Å². The second-order valence-corrected chi connectivity index (χ2v) is 11.5. The first-order valence-corrected chi connectivity index (χ1v) is 15.5. The lowest BCUT2D eigenvalue weighted by Crippen LogP contribution is -2.01. The molecule has 8 rings (SSSR count). The molecular formula is C41H29N5O. The van der Waals surface area contributed by atoms with Crippen LogP contribution in [0.3, 0.4) is 0 Å². The molecule has 47 heavy (non-hydrogen) atoms. The molecule has 0 atom stereocenters. The second kappa shape index (κ2) is 11.9. The number of fused-ring (bicyclic) bond motifs is 1. The van der Waals surface area contributed by atoms with Crippen molar-refractivity contribution in [3.8, 4) is 67.9 Å². The number of hydrogen-bond acceptors (Lipinski definition) is 6. The number of pyridine rings is 1. The third-order valence-electron chi connectivity index (χ3n) is 8.21. The summed E-state index contributed by atoms with van der Waals surface area (Å²) >= 11 is 0. The van der Waals surface area contributed by atoms with Gasteiger partial charge in [0.05, 0.1) is 0 Å². The van der Waals surface area contributed by atoms with E-state index in [2.05, 4.69) is 49.4 Å². The van der Waals surface area contributed by atoms with Crippen molar-refractivity contribution in [3.63, 3.8) is 0 Å². The second-order valence-electron chi connectivity index (χ2n) is 11.5. The van der Waals surface area contributed by atoms with Crippen LogP contribution < -0.4 is 0 Å². The maximum absolute atomic E-state index is 6.12. The van der Waals surface area contributed by atoms with E-state index >= 15 is 0 Å². The largest absolute Gasteiger partial charge is 0.436 e. The maximum atomic E-state index is 6.12. The van der Waals surface area contributed by atoms with E-state index in [9.17, 15) is 0 Å². The lowest BCUT2D eigenvalue weighted by atomic mass is 9.91. The van der Waals surface area contributed by atoms with Gasteiger partial charge in [-0.15, -0.1) is 0 Å². The fourth-order valence-electron chi connectivity index (χ4n) is 5.87. The summed E-state index contributed by atoms with van der Waals surface area (Å²) in [6.07, 6.45) is 0. The van der Waals surface area contributed by atoms with E-state index in [1.807, 2.05) is 104 Å². The summed E-state index contributed by atoms with van der Waals surface area (Å²) in [5.41, 5.74) is 11.3. The third kappa shape index (κ3) is 5.57. The lowest BCUT2D eigenvalue weighted by molar-refractivity contribution is 0.620. The van der Waals surface area contributed by atoms with Crippen LogP contribution in [0.1, 0.15) is 11.4 Å². The fraction of sp³-hybridized carbons (Fsp3) is 0.0488. The summed E-state index contributed by atoms with van der Waals surface area (Å²) in [4.78, 5) is 24.5. The Morgan fingerprint density at radius 1 is 0.404 bits per heavy atom. The molecule has 3 heterocycles. The summed E-state index contributed by atoms with van der Waals surface area (Å²) in [6, 6.07) is 46.7. The monoisotopic (exact) mass is 607 g/mol. The Hall–Kier alpha value is -6.27. The van der Waals surface area contributed by atoms with Gasteiger partial charge in [0.1, 0.15) is 5.52 Å². The zero-order chi connectivity index (χ0) is 31.7. The zero-order valence-electron chi connectivity index (χ0n) is 25.9. The van der Waals surface area contributed by atoms with E-state index < -0.39 is 0 Å². The summed E-state index contributed by atoms with van der Waals surface area (Å²) in [5.74, 6) is 2.45. The Bertz CT molecular complexity index is 2310. The number of aryl methyl sites for hydroxylation is 2. The van der Waals surface area contributed by atoms with Gasteiger partial charge < -0.3 is 4.42 Å². The molecule has 0 aliphatic rings. The Balaban J connectivity index is 1.30. The van der Waals surface area contributed by atoms with E-state index in [0.717, 1.165) is 67.0 Å². The minimum absolute atomic E-state index is 0.600. The van der Waals surface area contributed by atoms with Crippen molar-refractivity contribution in [2.24, 2.45) is 0 Å². The molecule has 0 bridgehead atoms. The van der Waals surface area contributed by atoms with Crippen LogP contribution in [0.15, 0.2) is 144 Å². The molecule has 6 nitrogen and oxygen atoms in total. The Morgan fingerprint density at radius 2 is 0.957 bits per heavy atom. The van der Waals surface area contributed by atoms with Crippen LogP contribution in [0.4, 0.5) is 0 Å². The van der Waals surface area contributed by atoms with Gasteiger partial charge in [-0.05, 0) is 66.9 Å². The van der Waals surface area contributed by atoms with Crippen molar-refractivity contribution < 1.29 is 4.42 Å². The molecule has 6 heteroatoms. The fourth-order valence-corrected chi connectivity index (χ4v) is 5.87. The minimum Gasteiger partial charge on any atom is -0.436 e. The third-order valence-corrected chi connectivity index (χ3v) is 8.21. The molecule has 0 saturated carbocycles. The summed E-state index contributed by atoms with van der Waals surface area (Å²) in [7, 11) is 0. The van der Waals surface area contributed by atoms with Crippen molar-refractivity contribution in [2.75, 3.05) is 0 Å². The SMILES string of the molecule is Cc1ccc(-c2cc(-c3nc(-c4ccccc4)nc(-c4ccccc4)n3)ccc2-c2ccc3oc(-c4ccccc4)nc3c2)c(C)n1. The number of aromatic nitrogens is 5. The van der Waals surface area contributed by atoms with Crippen molar-refractivity contribution in [1.29, 1.82) is 0 Å². The van der Waals surface area contributed by atoms with Crippen LogP contribution in [-0.2, 0) is 0 Å². The van der Waals surface area contributed by atoms with Gasteiger partial charge in [0, 0.05) is 39.2 Å². The van der Waals surface area contributed by atoms with Crippen molar-refractivity contribution in [2.45, 2.75) is 13.8 Å². The molecule has 224 valence electrons. The van der Waals surface area contributed by atoms with Crippen molar-refractivity contribution in [3.05, 3.63) is 151 Å². The molecule has 0 fully saturated rings. The first kappa shape index (κ1) is 28.2. The predicted molar refractivity (Wildman–Crippen MR) is 187 cm³/mol. The molecule has 0 amide bonds. The minimum atomic E-state index is 0.600. The average Bonchev–Trinajstić information content (AvgIpc) is 3.56. The summed E-state index contributed by atoms with van der Waals surface area (Å²) in [5, 5.41) is 0. The Morgan fingerprint density at radius 3 is 1.57 bits per heavy atom. The first-order chi connectivity index (χ1) is 23.1. The van der Waals surface area contributed by atoms with Gasteiger partial charge >= 0.3 is 0 Å². The highest BCUT2D eigenvalue weighted by atomic mass is 16.3. The molecular weight excluding hydrogens is 578 g/mol. The maximum Gasteiger partial charge on any atom is 0.227 e. The van der Waals surface area contributed by atoms with Crippen LogP contribution in [-0.4, -0.2) is 24.9 Å². The van der Waals surface area contributed by atoms with Crippen LogP contribution >= 0.6 is 0 Å². The molecule has 3 aromatic heterocycles. The molecule has 0 unspecified atom stereocenters. The van der Waals surface area contributed by atoms with Gasteiger partial charge in [-0.2, -0.15) is 0 Å². The van der Waals surface area contributed by atoms with Crippen LogP contribution in [0.5, 0.6) is 0 Å². The molecule has 5 aromatic carbocycles. The van der Waals surface area contributed by atoms with E-state index in [1.54, 1.807) is 0 Å². The average molecular weight is 608 g/mol. The zero-order valence-corrected chi connectivity index (χ0v) is 25.9. The number of oxazole rings is 1. The quantitative estimate of drug-likeness (QED) is 0.187. The summed E-state index contributed by atoms with van der Waals surface area (Å²) < 4.78 is 6.12. The smallest absolute Gasteiger partial charge is 0.227 e. The van der Waals surface area contributed by atoms with Crippen LogP contribution in [0.25, 0.3) is 79.0 Å². The van der Waals surface area contributed by atoms with Crippen LogP contribution in [0, 0.1) is 13.8 Å². The molecule has 0 aliphatic heterocycles. The highest BCUT2D eigenvalue weighted by molar-refractivity contribution is 5.91. The van der Waals surface area contributed by atoms with Crippen molar-refractivity contribution >= 4 is 11.1 Å². The number of rotatable bonds is 6. The summed E-state index contributed by atoms with van der Waals surface area (Å²) in [6.45, 7) is 4.06. The van der Waals surface area contributed by atoms with Crippen molar-refractivity contribution in [1.82, 2.24) is 24.9 Å². The Labute approximate surface area is 272 Å². The number of benzene rings is 5. The molecule has 0 spiro atoms. The Kier molecular flexibility index (Phi) is 7.15. The highest BCUT2D eigenvalue weighted by Crippen LogP contribution is 2.38. The molecule has 0 saturated heterocycles. The van der Waals surface area contributed by atoms with E-state index in [1.165, 1.54) is 0 Å². The number of hydrogen-bond donors (Lipinski definition) is 0. The topological polar surface area (TPSA) is 77.6 Å². The molecule has 0 radical (unpaired) electrons. The van der Waals surface area contributed by atoms with Crippen LogP contribution in [0.2, 0.25) is 0 Å². The standard InChI is InChI=1S/C41H29N5O/c1-26-18-21-33(27(2)42-26)35-24-32(40-45-38(28-12-6-3-7-13-28)44-39(46-40)29-14-8-4-9-15-29)19-22-34(35)31-20-23-37-36(25-31)43-41(47-37)30-16-10-5-11-17-30/h3-25H,1-2H3. The van der Waals surface area contributed by atoms with Gasteiger partial charge in [-0.3, -0.25) is 4.98 Å². The molecule has 0 N–H and O–H groups in total. The normalized spacial score (nSPS) is 11.2.